The van der Waals surface area contributed by atoms with E-state index in [1.165, 1.54) is 0 Å². The Kier molecular flexibility index (Phi) is 6.25. The van der Waals surface area contributed by atoms with Gasteiger partial charge in [-0.25, -0.2) is 4.79 Å². The minimum atomic E-state index is -0.722. The van der Waals surface area contributed by atoms with Gasteiger partial charge in [-0.1, -0.05) is 18.1 Å². The maximum Gasteiger partial charge on any atom is 0.509 e. The SMILES string of the molecule is COc1ccc(COC(=O)OCC#CI)cc1. The second-order valence-electron chi connectivity index (χ2n) is 2.95. The van der Waals surface area contributed by atoms with E-state index in [2.05, 4.69) is 14.6 Å². The molecule has 17 heavy (non-hydrogen) atoms. The molecule has 0 spiro atoms. The number of halogens is 1. The van der Waals surface area contributed by atoms with Gasteiger partial charge >= 0.3 is 6.16 Å². The molecule has 1 aromatic rings. The van der Waals surface area contributed by atoms with Gasteiger partial charge in [0.15, 0.2) is 6.61 Å². The molecule has 0 aliphatic carbocycles. The average molecular weight is 346 g/mol. The topological polar surface area (TPSA) is 44.8 Å². The van der Waals surface area contributed by atoms with Crippen LogP contribution in [0, 0.1) is 9.85 Å². The molecule has 0 N–H and O–H groups in total. The number of rotatable bonds is 4. The standard InChI is InChI=1S/C12H11IO4/c1-15-11-5-3-10(4-6-11)9-17-12(14)16-8-2-7-13/h3-6H,8-9H2,1H3. The molecule has 0 aromatic heterocycles. The van der Waals surface area contributed by atoms with Crippen molar-refractivity contribution in [2.75, 3.05) is 13.7 Å². The number of benzene rings is 1. The van der Waals surface area contributed by atoms with E-state index >= 15 is 0 Å². The van der Waals surface area contributed by atoms with Crippen LogP contribution >= 0.6 is 22.6 Å². The summed E-state index contributed by atoms with van der Waals surface area (Å²) in [6.45, 7) is 0.213. The first-order valence-corrected chi connectivity index (χ1v) is 5.85. The van der Waals surface area contributed by atoms with Crippen LogP contribution in [0.5, 0.6) is 5.75 Å². The van der Waals surface area contributed by atoms with Crippen LogP contribution in [0.4, 0.5) is 4.79 Å². The highest BCUT2D eigenvalue weighted by atomic mass is 127. The van der Waals surface area contributed by atoms with Gasteiger partial charge in [-0.15, -0.1) is 0 Å². The van der Waals surface area contributed by atoms with Crippen LogP contribution in [-0.2, 0) is 16.1 Å². The minimum absolute atomic E-state index is 0.0460. The number of methoxy groups -OCH3 is 1. The molecule has 90 valence electrons. The molecule has 0 radical (unpaired) electrons. The molecule has 0 saturated heterocycles. The Hall–Kier alpha value is -1.42. The fraction of sp³-hybridized carbons (Fsp3) is 0.250. The molecular weight excluding hydrogens is 335 g/mol. The zero-order valence-electron chi connectivity index (χ0n) is 9.23. The Morgan fingerprint density at radius 2 is 2.00 bits per heavy atom. The summed E-state index contributed by atoms with van der Waals surface area (Å²) in [5, 5.41) is 0. The molecule has 0 amide bonds. The number of hydrogen-bond acceptors (Lipinski definition) is 4. The largest absolute Gasteiger partial charge is 0.509 e. The molecule has 0 saturated carbocycles. The van der Waals surface area contributed by atoms with Crippen molar-refractivity contribution in [1.82, 2.24) is 0 Å². The Labute approximate surface area is 113 Å². The predicted octanol–water partition coefficient (Wildman–Crippen LogP) is 2.74. The summed E-state index contributed by atoms with van der Waals surface area (Å²) < 4.78 is 17.2. The van der Waals surface area contributed by atoms with Gasteiger partial charge in [0, 0.05) is 22.6 Å². The van der Waals surface area contributed by atoms with Gasteiger partial charge in [0.2, 0.25) is 0 Å². The van der Waals surface area contributed by atoms with Crippen LogP contribution in [0.2, 0.25) is 0 Å². The third-order valence-electron chi connectivity index (χ3n) is 1.84. The molecule has 5 heteroatoms. The van der Waals surface area contributed by atoms with Crippen LogP contribution in [-0.4, -0.2) is 19.9 Å². The highest BCUT2D eigenvalue weighted by Crippen LogP contribution is 2.12. The molecule has 0 fully saturated rings. The van der Waals surface area contributed by atoms with Crippen LogP contribution < -0.4 is 4.74 Å². The highest BCUT2D eigenvalue weighted by molar-refractivity contribution is 14.1. The first-order valence-electron chi connectivity index (χ1n) is 4.77. The Bertz CT molecular complexity index is 416. The third-order valence-corrected chi connectivity index (χ3v) is 2.23. The Morgan fingerprint density at radius 3 is 2.59 bits per heavy atom. The lowest BCUT2D eigenvalue weighted by Crippen LogP contribution is -2.07. The van der Waals surface area contributed by atoms with Crippen molar-refractivity contribution in [1.29, 1.82) is 0 Å². The molecule has 0 heterocycles. The fourth-order valence-corrected chi connectivity index (χ4v) is 1.18. The molecule has 1 aromatic carbocycles. The van der Waals surface area contributed by atoms with Crippen molar-refractivity contribution in [3.05, 3.63) is 29.8 Å². The summed E-state index contributed by atoms with van der Waals surface area (Å²) >= 11 is 1.87. The van der Waals surface area contributed by atoms with Gasteiger partial charge in [0.25, 0.3) is 0 Å². The summed E-state index contributed by atoms with van der Waals surface area (Å²) in [4.78, 5) is 11.1. The van der Waals surface area contributed by atoms with Crippen LogP contribution in [0.3, 0.4) is 0 Å². The van der Waals surface area contributed by atoms with E-state index in [1.54, 1.807) is 19.2 Å². The summed E-state index contributed by atoms with van der Waals surface area (Å²) in [7, 11) is 1.59. The lowest BCUT2D eigenvalue weighted by atomic mass is 10.2. The van der Waals surface area contributed by atoms with Crippen LogP contribution in [0.15, 0.2) is 24.3 Å². The van der Waals surface area contributed by atoms with E-state index in [-0.39, 0.29) is 13.2 Å². The first kappa shape index (κ1) is 13.6. The molecule has 1 rings (SSSR count). The van der Waals surface area contributed by atoms with E-state index < -0.39 is 6.16 Å². The highest BCUT2D eigenvalue weighted by Gasteiger charge is 2.03. The molecule has 4 nitrogen and oxygen atoms in total. The zero-order chi connectivity index (χ0) is 12.5. The van der Waals surface area contributed by atoms with Crippen molar-refractivity contribution in [3.8, 4) is 15.6 Å². The van der Waals surface area contributed by atoms with Crippen LogP contribution in [0.1, 0.15) is 5.56 Å². The number of hydrogen-bond donors (Lipinski definition) is 0. The fourth-order valence-electron chi connectivity index (χ4n) is 1.03. The number of carbonyl (C=O) groups is 1. The van der Waals surface area contributed by atoms with Crippen molar-refractivity contribution < 1.29 is 19.0 Å². The van der Waals surface area contributed by atoms with Gasteiger partial charge in [0.05, 0.1) is 7.11 Å². The van der Waals surface area contributed by atoms with E-state index in [9.17, 15) is 4.79 Å². The zero-order valence-corrected chi connectivity index (χ0v) is 11.4. The smallest absolute Gasteiger partial charge is 0.497 e. The monoisotopic (exact) mass is 346 g/mol. The van der Waals surface area contributed by atoms with Gasteiger partial charge in [-0.05, 0) is 21.6 Å². The van der Waals surface area contributed by atoms with Crippen molar-refractivity contribution in [2.24, 2.45) is 0 Å². The lowest BCUT2D eigenvalue weighted by Gasteiger charge is -2.05. The normalized spacial score (nSPS) is 8.82. The maximum atomic E-state index is 11.1. The van der Waals surface area contributed by atoms with Gasteiger partial charge < -0.3 is 14.2 Å². The van der Waals surface area contributed by atoms with Gasteiger partial charge in [0.1, 0.15) is 12.4 Å². The minimum Gasteiger partial charge on any atom is -0.497 e. The summed E-state index contributed by atoms with van der Waals surface area (Å²) in [5.41, 5.74) is 0.864. The quantitative estimate of drug-likeness (QED) is 0.478. The van der Waals surface area contributed by atoms with E-state index in [1.807, 2.05) is 34.7 Å². The third kappa shape index (κ3) is 5.45. The molecular formula is C12H11IO4. The summed E-state index contributed by atoms with van der Waals surface area (Å²) in [6, 6.07) is 7.23. The Morgan fingerprint density at radius 1 is 1.29 bits per heavy atom. The Balaban J connectivity index is 2.33. The molecule has 0 unspecified atom stereocenters. The second kappa shape index (κ2) is 7.79. The number of ether oxygens (including phenoxy) is 3. The second-order valence-corrected chi connectivity index (χ2v) is 3.49. The lowest BCUT2D eigenvalue weighted by molar-refractivity contribution is 0.0589. The van der Waals surface area contributed by atoms with Crippen LogP contribution in [0.25, 0.3) is 0 Å². The van der Waals surface area contributed by atoms with Crippen molar-refractivity contribution in [2.45, 2.75) is 6.61 Å². The molecule has 0 bridgehead atoms. The van der Waals surface area contributed by atoms with Gasteiger partial charge in [-0.3, -0.25) is 0 Å². The predicted molar refractivity (Wildman–Crippen MR) is 70.9 cm³/mol. The molecule has 0 aliphatic rings. The van der Waals surface area contributed by atoms with E-state index in [0.29, 0.717) is 0 Å². The molecule has 0 atom stereocenters. The van der Waals surface area contributed by atoms with Gasteiger partial charge in [-0.2, -0.15) is 0 Å². The first-order chi connectivity index (χ1) is 8.26. The maximum absolute atomic E-state index is 11.1. The summed E-state index contributed by atoms with van der Waals surface area (Å²) in [5.74, 6) is 3.35. The van der Waals surface area contributed by atoms with Crippen molar-refractivity contribution >= 4 is 28.7 Å². The number of carbonyl (C=O) groups excluding carboxylic acids is 1. The van der Waals surface area contributed by atoms with Crippen molar-refractivity contribution in [3.63, 3.8) is 0 Å². The molecule has 0 aliphatic heterocycles. The average Bonchev–Trinajstić information content (AvgIpc) is 2.37. The van der Waals surface area contributed by atoms with E-state index in [0.717, 1.165) is 11.3 Å². The van der Waals surface area contributed by atoms with E-state index in [4.69, 9.17) is 9.47 Å². The summed E-state index contributed by atoms with van der Waals surface area (Å²) in [6.07, 6.45) is -0.722.